The lowest BCUT2D eigenvalue weighted by Crippen LogP contribution is -2.40. The molecule has 1 aromatic heterocycles. The van der Waals surface area contributed by atoms with Gasteiger partial charge in [0.1, 0.15) is 5.82 Å². The summed E-state index contributed by atoms with van der Waals surface area (Å²) < 4.78 is 39.9. The molecule has 0 radical (unpaired) electrons. The molecule has 0 bridgehead atoms. The fourth-order valence-corrected chi connectivity index (χ4v) is 2.89. The first-order valence-corrected chi connectivity index (χ1v) is 6.83. The summed E-state index contributed by atoms with van der Waals surface area (Å²) >= 11 is 0. The molecule has 7 heteroatoms. The third-order valence-electron chi connectivity index (χ3n) is 3.92. The van der Waals surface area contributed by atoms with Gasteiger partial charge in [-0.3, -0.25) is 4.68 Å². The minimum Gasteiger partial charge on any atom is -0.357 e. The van der Waals surface area contributed by atoms with Gasteiger partial charge in [0.05, 0.1) is 11.6 Å². The Kier molecular flexibility index (Phi) is 4.27. The highest BCUT2D eigenvalue weighted by Gasteiger charge is 2.41. The second kappa shape index (κ2) is 5.63. The molecule has 0 saturated carbocycles. The molecule has 0 aromatic carbocycles. The van der Waals surface area contributed by atoms with Crippen molar-refractivity contribution in [3.63, 3.8) is 0 Å². The van der Waals surface area contributed by atoms with Gasteiger partial charge in [-0.2, -0.15) is 18.3 Å². The van der Waals surface area contributed by atoms with Gasteiger partial charge >= 0.3 is 6.18 Å². The van der Waals surface area contributed by atoms with Gasteiger partial charge in [0, 0.05) is 32.2 Å². The lowest BCUT2D eigenvalue weighted by atomic mass is 9.96. The van der Waals surface area contributed by atoms with Gasteiger partial charge in [0.15, 0.2) is 0 Å². The van der Waals surface area contributed by atoms with Crippen molar-refractivity contribution in [2.24, 2.45) is 13.0 Å². The summed E-state index contributed by atoms with van der Waals surface area (Å²) in [5.41, 5.74) is 2.00. The summed E-state index contributed by atoms with van der Waals surface area (Å²) in [6, 6.07) is 0. The van der Waals surface area contributed by atoms with Crippen molar-refractivity contribution in [1.82, 2.24) is 15.1 Å². The van der Waals surface area contributed by atoms with Gasteiger partial charge in [0.25, 0.3) is 0 Å². The smallest absolute Gasteiger partial charge is 0.357 e. The van der Waals surface area contributed by atoms with Crippen LogP contribution in [0, 0.1) is 12.8 Å². The first kappa shape index (κ1) is 15.2. The number of hydrogen-bond donors (Lipinski definition) is 1. The highest BCUT2D eigenvalue weighted by Crippen LogP contribution is 2.36. The van der Waals surface area contributed by atoms with E-state index in [1.807, 2.05) is 25.9 Å². The van der Waals surface area contributed by atoms with Gasteiger partial charge in [-0.1, -0.05) is 0 Å². The summed E-state index contributed by atoms with van der Waals surface area (Å²) in [6.07, 6.45) is -3.75. The van der Waals surface area contributed by atoms with Crippen LogP contribution in [0.3, 0.4) is 0 Å². The summed E-state index contributed by atoms with van der Waals surface area (Å²) in [4.78, 5) is 2.02. The van der Waals surface area contributed by atoms with Crippen LogP contribution in [0.2, 0.25) is 0 Å². The molecule has 1 aromatic rings. The van der Waals surface area contributed by atoms with Crippen molar-refractivity contribution >= 4 is 5.82 Å². The third-order valence-corrected chi connectivity index (χ3v) is 3.92. The van der Waals surface area contributed by atoms with E-state index in [1.165, 1.54) is 0 Å². The monoisotopic (exact) mass is 290 g/mol. The molecule has 0 unspecified atom stereocenters. The zero-order valence-electron chi connectivity index (χ0n) is 12.1. The molecule has 0 aliphatic carbocycles. The van der Waals surface area contributed by atoms with Crippen LogP contribution in [-0.2, 0) is 13.6 Å². The van der Waals surface area contributed by atoms with E-state index in [4.69, 9.17) is 0 Å². The number of aromatic nitrogens is 2. The van der Waals surface area contributed by atoms with Crippen molar-refractivity contribution in [3.8, 4) is 0 Å². The Morgan fingerprint density at radius 3 is 2.40 bits per heavy atom. The quantitative estimate of drug-likeness (QED) is 0.926. The zero-order chi connectivity index (χ0) is 14.9. The zero-order valence-corrected chi connectivity index (χ0v) is 12.1. The molecule has 0 spiro atoms. The number of aryl methyl sites for hydroxylation is 2. The van der Waals surface area contributed by atoms with E-state index < -0.39 is 12.1 Å². The van der Waals surface area contributed by atoms with Crippen LogP contribution in [-0.4, -0.2) is 36.1 Å². The fraction of sp³-hybridized carbons (Fsp3) is 0.769. The molecule has 0 atom stereocenters. The summed E-state index contributed by atoms with van der Waals surface area (Å²) in [6.45, 7) is 3.46. The van der Waals surface area contributed by atoms with E-state index >= 15 is 0 Å². The van der Waals surface area contributed by atoms with E-state index in [9.17, 15) is 13.2 Å². The second-order valence-corrected chi connectivity index (χ2v) is 5.34. The summed E-state index contributed by atoms with van der Waals surface area (Å²) in [7, 11) is 3.70. The number of rotatable bonds is 3. The van der Waals surface area contributed by atoms with Crippen LogP contribution in [0.1, 0.15) is 24.1 Å². The van der Waals surface area contributed by atoms with E-state index in [0.29, 0.717) is 19.6 Å². The molecular formula is C13H21F3N4. The maximum absolute atomic E-state index is 12.7. The Morgan fingerprint density at radius 2 is 1.90 bits per heavy atom. The van der Waals surface area contributed by atoms with Crippen molar-refractivity contribution in [2.45, 2.75) is 32.5 Å². The van der Waals surface area contributed by atoms with E-state index in [0.717, 1.165) is 17.1 Å². The topological polar surface area (TPSA) is 33.1 Å². The molecule has 0 amide bonds. The SMILES string of the molecule is CNCc1c(C)nn(C)c1N1CCC(C(F)(F)F)CC1. The number of halogens is 3. The highest BCUT2D eigenvalue weighted by molar-refractivity contribution is 5.50. The third kappa shape index (κ3) is 2.92. The van der Waals surface area contributed by atoms with Gasteiger partial charge < -0.3 is 10.2 Å². The molecule has 1 fully saturated rings. The van der Waals surface area contributed by atoms with Gasteiger partial charge in [0.2, 0.25) is 0 Å². The largest absolute Gasteiger partial charge is 0.391 e. The van der Waals surface area contributed by atoms with Crippen LogP contribution in [0.5, 0.6) is 0 Å². The van der Waals surface area contributed by atoms with E-state index in [-0.39, 0.29) is 12.8 Å². The Balaban J connectivity index is 2.15. The Hall–Kier alpha value is -1.24. The molecule has 4 nitrogen and oxygen atoms in total. The minimum absolute atomic E-state index is 0.159. The average Bonchev–Trinajstić information content (AvgIpc) is 2.64. The molecule has 2 rings (SSSR count). The second-order valence-electron chi connectivity index (χ2n) is 5.34. The van der Waals surface area contributed by atoms with Crippen LogP contribution in [0.4, 0.5) is 19.0 Å². The van der Waals surface area contributed by atoms with Gasteiger partial charge in [-0.25, -0.2) is 0 Å². The Bertz CT molecular complexity index is 459. The minimum atomic E-state index is -4.07. The lowest BCUT2D eigenvalue weighted by Gasteiger charge is -2.34. The van der Waals surface area contributed by atoms with Crippen LogP contribution >= 0.6 is 0 Å². The molecule has 20 heavy (non-hydrogen) atoms. The fourth-order valence-electron chi connectivity index (χ4n) is 2.89. The standard InChI is InChI=1S/C13H21F3N4/c1-9-11(8-17-2)12(19(3)18-9)20-6-4-10(5-7-20)13(14,15)16/h10,17H,4-8H2,1-3H3. The molecule has 2 heterocycles. The molecule has 1 saturated heterocycles. The number of alkyl halides is 3. The molecule has 1 aliphatic heterocycles. The molecule has 1 N–H and O–H groups in total. The maximum atomic E-state index is 12.7. The first-order chi connectivity index (χ1) is 9.34. The van der Waals surface area contributed by atoms with E-state index in [2.05, 4.69) is 10.4 Å². The lowest BCUT2D eigenvalue weighted by molar-refractivity contribution is -0.179. The molecule has 1 aliphatic rings. The molecule has 114 valence electrons. The highest BCUT2D eigenvalue weighted by atomic mass is 19.4. The number of anilines is 1. The normalized spacial score (nSPS) is 17.8. The van der Waals surface area contributed by atoms with Crippen molar-refractivity contribution in [2.75, 3.05) is 25.0 Å². The number of nitrogens with zero attached hydrogens (tertiary/aromatic N) is 3. The predicted octanol–water partition coefficient (Wildman–Crippen LogP) is 2.23. The predicted molar refractivity (Wildman–Crippen MR) is 71.7 cm³/mol. The van der Waals surface area contributed by atoms with E-state index in [1.54, 1.807) is 4.68 Å². The summed E-state index contributed by atoms with van der Waals surface area (Å²) in [5, 5.41) is 7.48. The van der Waals surface area contributed by atoms with Gasteiger partial charge in [-0.15, -0.1) is 0 Å². The van der Waals surface area contributed by atoms with Crippen molar-refractivity contribution in [3.05, 3.63) is 11.3 Å². The van der Waals surface area contributed by atoms with Crippen molar-refractivity contribution in [1.29, 1.82) is 0 Å². The van der Waals surface area contributed by atoms with Crippen LogP contribution in [0.25, 0.3) is 0 Å². The Labute approximate surface area is 116 Å². The molecular weight excluding hydrogens is 269 g/mol. The Morgan fingerprint density at radius 1 is 1.30 bits per heavy atom. The first-order valence-electron chi connectivity index (χ1n) is 6.83. The summed E-state index contributed by atoms with van der Waals surface area (Å²) in [5.74, 6) is -0.224. The van der Waals surface area contributed by atoms with Crippen molar-refractivity contribution < 1.29 is 13.2 Å². The van der Waals surface area contributed by atoms with Crippen LogP contribution in [0.15, 0.2) is 0 Å². The number of hydrogen-bond acceptors (Lipinski definition) is 3. The maximum Gasteiger partial charge on any atom is 0.391 e. The number of piperidine rings is 1. The number of nitrogens with one attached hydrogen (secondary N) is 1. The van der Waals surface area contributed by atoms with Crippen LogP contribution < -0.4 is 10.2 Å². The van der Waals surface area contributed by atoms with Gasteiger partial charge in [-0.05, 0) is 26.8 Å². The average molecular weight is 290 g/mol.